The van der Waals surface area contributed by atoms with Crippen LogP contribution in [-0.4, -0.2) is 23.3 Å². The van der Waals surface area contributed by atoms with E-state index in [0.29, 0.717) is 18.3 Å². The second kappa shape index (κ2) is 6.12. The molecule has 1 aliphatic rings. The molecule has 1 aliphatic heterocycles. The molecule has 1 N–H and O–H groups in total. The molecular formula is C12H21N3O2. The van der Waals surface area contributed by atoms with Crippen molar-refractivity contribution in [1.82, 2.24) is 15.5 Å². The van der Waals surface area contributed by atoms with E-state index >= 15 is 0 Å². The molecule has 96 valence electrons. The molecule has 1 saturated heterocycles. The summed E-state index contributed by atoms with van der Waals surface area (Å²) in [4.78, 5) is 4.46. The molecule has 0 bridgehead atoms. The zero-order valence-electron chi connectivity index (χ0n) is 10.6. The van der Waals surface area contributed by atoms with Gasteiger partial charge in [-0.3, -0.25) is 0 Å². The molecule has 0 aromatic carbocycles. The highest BCUT2D eigenvalue weighted by atomic mass is 16.5. The van der Waals surface area contributed by atoms with Gasteiger partial charge in [0.25, 0.3) is 0 Å². The minimum atomic E-state index is -0.0407. The molecule has 5 nitrogen and oxygen atoms in total. The predicted molar refractivity (Wildman–Crippen MR) is 63.6 cm³/mol. The highest BCUT2D eigenvalue weighted by molar-refractivity contribution is 4.96. The zero-order chi connectivity index (χ0) is 12.1. The maximum absolute atomic E-state index is 5.57. The molecule has 2 unspecified atom stereocenters. The number of piperidine rings is 1. The molecule has 1 fully saturated rings. The lowest BCUT2D eigenvalue weighted by atomic mass is 10.1. The van der Waals surface area contributed by atoms with E-state index in [0.717, 1.165) is 19.4 Å². The third-order valence-corrected chi connectivity index (χ3v) is 3.09. The molecule has 0 saturated carbocycles. The first-order valence-electron chi connectivity index (χ1n) is 6.53. The Morgan fingerprint density at radius 1 is 1.47 bits per heavy atom. The quantitative estimate of drug-likeness (QED) is 0.854. The summed E-state index contributed by atoms with van der Waals surface area (Å²) in [5.41, 5.74) is 0. The first-order valence-corrected chi connectivity index (χ1v) is 6.53. The van der Waals surface area contributed by atoms with Gasteiger partial charge in [0, 0.05) is 6.61 Å². The lowest BCUT2D eigenvalue weighted by Crippen LogP contribution is -2.27. The summed E-state index contributed by atoms with van der Waals surface area (Å²) in [6.45, 7) is 5.75. The zero-order valence-corrected chi connectivity index (χ0v) is 10.6. The van der Waals surface area contributed by atoms with Crippen molar-refractivity contribution in [3.63, 3.8) is 0 Å². The Balaban J connectivity index is 2.03. The lowest BCUT2D eigenvalue weighted by molar-refractivity contribution is 0.0518. The Bertz CT molecular complexity index is 315. The average molecular weight is 239 g/mol. The van der Waals surface area contributed by atoms with Crippen molar-refractivity contribution in [3.05, 3.63) is 11.7 Å². The second-order valence-corrected chi connectivity index (χ2v) is 4.35. The largest absolute Gasteiger partial charge is 0.370 e. The van der Waals surface area contributed by atoms with Gasteiger partial charge in [-0.1, -0.05) is 18.5 Å². The standard InChI is InChI=1S/C12H21N3O2/c1-3-10(16-4-2)11-14-12(17-15-11)9-7-5-6-8-13-9/h9-10,13H,3-8H2,1-2H3. The predicted octanol–water partition coefficient (Wildman–Crippen LogP) is 2.37. The Morgan fingerprint density at radius 2 is 2.35 bits per heavy atom. The van der Waals surface area contributed by atoms with Crippen molar-refractivity contribution in [3.8, 4) is 0 Å². The summed E-state index contributed by atoms with van der Waals surface area (Å²) in [5, 5.41) is 7.43. The van der Waals surface area contributed by atoms with Crippen LogP contribution in [0.15, 0.2) is 4.52 Å². The van der Waals surface area contributed by atoms with Crippen molar-refractivity contribution in [2.45, 2.75) is 51.7 Å². The van der Waals surface area contributed by atoms with Crippen molar-refractivity contribution in [2.75, 3.05) is 13.2 Å². The van der Waals surface area contributed by atoms with E-state index in [4.69, 9.17) is 9.26 Å². The average Bonchev–Trinajstić information content (AvgIpc) is 2.86. The monoisotopic (exact) mass is 239 g/mol. The molecule has 0 amide bonds. The number of hydrogen-bond acceptors (Lipinski definition) is 5. The van der Waals surface area contributed by atoms with Gasteiger partial charge < -0.3 is 14.6 Å². The summed E-state index contributed by atoms with van der Waals surface area (Å²) in [7, 11) is 0. The van der Waals surface area contributed by atoms with Crippen molar-refractivity contribution in [1.29, 1.82) is 0 Å². The van der Waals surface area contributed by atoms with E-state index in [-0.39, 0.29) is 12.1 Å². The maximum Gasteiger partial charge on any atom is 0.243 e. The molecule has 0 radical (unpaired) electrons. The molecule has 17 heavy (non-hydrogen) atoms. The van der Waals surface area contributed by atoms with Gasteiger partial charge in [-0.15, -0.1) is 0 Å². The molecule has 1 aromatic heterocycles. The van der Waals surface area contributed by atoms with Crippen LogP contribution >= 0.6 is 0 Å². The van der Waals surface area contributed by atoms with Gasteiger partial charge in [-0.2, -0.15) is 4.98 Å². The Kier molecular flexibility index (Phi) is 4.50. The van der Waals surface area contributed by atoms with Crippen LogP contribution in [0.25, 0.3) is 0 Å². The highest BCUT2D eigenvalue weighted by Gasteiger charge is 2.23. The molecule has 0 aliphatic carbocycles. The van der Waals surface area contributed by atoms with Crippen LogP contribution in [-0.2, 0) is 4.74 Å². The van der Waals surface area contributed by atoms with Gasteiger partial charge in [0.2, 0.25) is 11.7 Å². The Hall–Kier alpha value is -0.940. The number of rotatable bonds is 5. The number of ether oxygens (including phenoxy) is 1. The van der Waals surface area contributed by atoms with E-state index in [1.54, 1.807) is 0 Å². The third kappa shape index (κ3) is 3.04. The Morgan fingerprint density at radius 3 is 3.00 bits per heavy atom. The number of nitrogens with zero attached hydrogens (tertiary/aromatic N) is 2. The highest BCUT2D eigenvalue weighted by Crippen LogP contribution is 2.24. The SMILES string of the molecule is CCOC(CC)c1noc(C2CCCCN2)n1. The normalized spacial score (nSPS) is 22.6. The van der Waals surface area contributed by atoms with E-state index < -0.39 is 0 Å². The van der Waals surface area contributed by atoms with Crippen molar-refractivity contribution < 1.29 is 9.26 Å². The van der Waals surface area contributed by atoms with Crippen LogP contribution in [0.3, 0.4) is 0 Å². The number of hydrogen-bond donors (Lipinski definition) is 1. The van der Waals surface area contributed by atoms with Gasteiger partial charge in [0.15, 0.2) is 0 Å². The lowest BCUT2D eigenvalue weighted by Gasteiger charge is -2.19. The van der Waals surface area contributed by atoms with E-state index in [1.807, 2.05) is 6.92 Å². The van der Waals surface area contributed by atoms with Gasteiger partial charge in [-0.05, 0) is 32.7 Å². The van der Waals surface area contributed by atoms with Crippen molar-refractivity contribution in [2.24, 2.45) is 0 Å². The van der Waals surface area contributed by atoms with E-state index in [9.17, 15) is 0 Å². The van der Waals surface area contributed by atoms with Gasteiger partial charge >= 0.3 is 0 Å². The Labute approximate surface area is 102 Å². The van der Waals surface area contributed by atoms with Gasteiger partial charge in [0.05, 0.1) is 6.04 Å². The molecule has 0 spiro atoms. The van der Waals surface area contributed by atoms with Crippen LogP contribution in [0.1, 0.15) is 63.4 Å². The fourth-order valence-electron chi connectivity index (χ4n) is 2.16. The summed E-state index contributed by atoms with van der Waals surface area (Å²) < 4.78 is 10.9. The molecule has 2 atom stereocenters. The van der Waals surface area contributed by atoms with Crippen LogP contribution < -0.4 is 5.32 Å². The molecular weight excluding hydrogens is 218 g/mol. The molecule has 2 rings (SSSR count). The summed E-state index contributed by atoms with van der Waals surface area (Å²) in [5.74, 6) is 1.38. The second-order valence-electron chi connectivity index (χ2n) is 4.35. The van der Waals surface area contributed by atoms with Crippen LogP contribution in [0.5, 0.6) is 0 Å². The van der Waals surface area contributed by atoms with E-state index in [1.165, 1.54) is 12.8 Å². The topological polar surface area (TPSA) is 60.2 Å². The minimum Gasteiger partial charge on any atom is -0.370 e. The minimum absolute atomic E-state index is 0.0407. The smallest absolute Gasteiger partial charge is 0.243 e. The molecule has 5 heteroatoms. The van der Waals surface area contributed by atoms with Crippen LogP contribution in [0.4, 0.5) is 0 Å². The van der Waals surface area contributed by atoms with Gasteiger partial charge in [-0.25, -0.2) is 0 Å². The van der Waals surface area contributed by atoms with Crippen LogP contribution in [0, 0.1) is 0 Å². The maximum atomic E-state index is 5.57. The fourth-order valence-corrected chi connectivity index (χ4v) is 2.16. The fraction of sp³-hybridized carbons (Fsp3) is 0.833. The van der Waals surface area contributed by atoms with Crippen molar-refractivity contribution >= 4 is 0 Å². The first-order chi connectivity index (χ1) is 8.35. The molecule has 2 heterocycles. The number of aromatic nitrogens is 2. The number of nitrogens with one attached hydrogen (secondary N) is 1. The summed E-state index contributed by atoms with van der Waals surface area (Å²) in [6.07, 6.45) is 4.35. The third-order valence-electron chi connectivity index (χ3n) is 3.09. The first kappa shape index (κ1) is 12.5. The molecule has 1 aromatic rings. The van der Waals surface area contributed by atoms with Gasteiger partial charge in [0.1, 0.15) is 6.10 Å². The van der Waals surface area contributed by atoms with Crippen LogP contribution in [0.2, 0.25) is 0 Å². The van der Waals surface area contributed by atoms with E-state index in [2.05, 4.69) is 22.4 Å². The summed E-state index contributed by atoms with van der Waals surface area (Å²) in [6, 6.07) is 0.226. The summed E-state index contributed by atoms with van der Waals surface area (Å²) >= 11 is 0.